The first-order valence-corrected chi connectivity index (χ1v) is 10.8. The summed E-state index contributed by atoms with van der Waals surface area (Å²) in [6.07, 6.45) is 5.15. The second-order valence-corrected chi connectivity index (χ2v) is 8.56. The van der Waals surface area contributed by atoms with Crippen LogP contribution in [0.2, 0.25) is 0 Å². The van der Waals surface area contributed by atoms with E-state index in [1.807, 2.05) is 19.1 Å². The third-order valence-electron chi connectivity index (χ3n) is 6.20. The molecule has 1 saturated carbocycles. The summed E-state index contributed by atoms with van der Waals surface area (Å²) in [5, 5.41) is 3.37. The van der Waals surface area contributed by atoms with E-state index in [0.717, 1.165) is 45.4 Å². The van der Waals surface area contributed by atoms with Crippen LogP contribution in [0.1, 0.15) is 31.9 Å². The van der Waals surface area contributed by atoms with Crippen LogP contribution in [0, 0.1) is 5.41 Å². The minimum atomic E-state index is 0.101. The van der Waals surface area contributed by atoms with E-state index in [2.05, 4.69) is 35.6 Å². The van der Waals surface area contributed by atoms with Gasteiger partial charge >= 0.3 is 0 Å². The summed E-state index contributed by atoms with van der Waals surface area (Å²) < 4.78 is 18.2. The van der Waals surface area contributed by atoms with Gasteiger partial charge in [-0.05, 0) is 52.1 Å². The van der Waals surface area contributed by atoms with Crippen molar-refractivity contribution in [2.24, 2.45) is 10.4 Å². The number of likely N-dealkylation sites (tertiary alicyclic amines) is 1. The maximum atomic E-state index is 6.31. The second-order valence-electron chi connectivity index (χ2n) is 8.56. The summed E-state index contributed by atoms with van der Waals surface area (Å²) in [5.74, 6) is 1.65. The minimum absolute atomic E-state index is 0.101. The van der Waals surface area contributed by atoms with Gasteiger partial charge in [-0.3, -0.25) is 0 Å². The average molecular weight is 413 g/mol. The van der Waals surface area contributed by atoms with Crippen molar-refractivity contribution in [2.75, 3.05) is 39.8 Å². The van der Waals surface area contributed by atoms with Gasteiger partial charge in [-0.2, -0.15) is 0 Å². The quantitative estimate of drug-likeness (QED) is 0.382. The van der Waals surface area contributed by atoms with Gasteiger partial charge in [-0.25, -0.2) is 9.98 Å². The molecule has 1 spiro atoms. The molecule has 4 rings (SSSR count). The SMILES string of the molecule is C=C/C(=C(\N=C)OCC)c1ccc(OC2CC3(CNC3)C2)c(OC2CCN(C)C2)n1. The highest BCUT2D eigenvalue weighted by Crippen LogP contribution is 2.46. The molecule has 1 aliphatic carbocycles. The highest BCUT2D eigenvalue weighted by molar-refractivity contribution is 5.74. The molecule has 0 radical (unpaired) electrons. The lowest BCUT2D eigenvalue weighted by Gasteiger charge is -2.53. The fraction of sp³-hybridized carbons (Fsp3) is 0.565. The lowest BCUT2D eigenvalue weighted by Crippen LogP contribution is -2.62. The summed E-state index contributed by atoms with van der Waals surface area (Å²) in [4.78, 5) is 11.1. The molecule has 0 aromatic carbocycles. The fourth-order valence-corrected chi connectivity index (χ4v) is 4.48. The van der Waals surface area contributed by atoms with Crippen LogP contribution in [0.5, 0.6) is 11.6 Å². The van der Waals surface area contributed by atoms with E-state index in [1.165, 1.54) is 0 Å². The van der Waals surface area contributed by atoms with E-state index in [-0.39, 0.29) is 12.2 Å². The number of nitrogens with zero attached hydrogens (tertiary/aromatic N) is 3. The van der Waals surface area contributed by atoms with Crippen LogP contribution in [-0.2, 0) is 4.74 Å². The largest absolute Gasteiger partial charge is 0.485 e. The standard InChI is InChI=1S/C23H32N4O3/c1-5-18(21(24-3)28-6-2)19-7-8-20(29-17-11-23(12-17)14-25-15-23)22(26-19)30-16-9-10-27(4)13-16/h5,7-8,16-17,25H,1,3,6,9-15H2,2,4H3/b21-18-. The Kier molecular flexibility index (Phi) is 6.11. The molecule has 0 amide bonds. The van der Waals surface area contributed by atoms with Crippen LogP contribution < -0.4 is 14.8 Å². The predicted molar refractivity (Wildman–Crippen MR) is 118 cm³/mol. The lowest BCUT2D eigenvalue weighted by atomic mass is 9.63. The molecule has 1 unspecified atom stereocenters. The average Bonchev–Trinajstić information content (AvgIpc) is 3.08. The normalized spacial score (nSPS) is 23.9. The van der Waals surface area contributed by atoms with Crippen molar-refractivity contribution in [1.82, 2.24) is 15.2 Å². The first kappa shape index (κ1) is 20.9. The smallest absolute Gasteiger partial charge is 0.257 e. The maximum Gasteiger partial charge on any atom is 0.257 e. The molecule has 1 atom stereocenters. The van der Waals surface area contributed by atoms with Gasteiger partial charge in [0.1, 0.15) is 12.2 Å². The van der Waals surface area contributed by atoms with Crippen molar-refractivity contribution >= 4 is 12.3 Å². The van der Waals surface area contributed by atoms with Crippen LogP contribution in [-0.4, -0.2) is 68.6 Å². The Balaban J connectivity index is 1.58. The van der Waals surface area contributed by atoms with Crippen molar-refractivity contribution in [3.05, 3.63) is 36.4 Å². The van der Waals surface area contributed by atoms with Crippen LogP contribution >= 0.6 is 0 Å². The number of allylic oxidation sites excluding steroid dienone is 2. The van der Waals surface area contributed by atoms with Crippen LogP contribution in [0.25, 0.3) is 5.57 Å². The number of pyridine rings is 1. The van der Waals surface area contributed by atoms with Crippen molar-refractivity contribution in [1.29, 1.82) is 0 Å². The molecule has 1 aromatic heterocycles. The molecule has 1 aromatic rings. The Morgan fingerprint density at radius 2 is 2.13 bits per heavy atom. The molecule has 3 fully saturated rings. The number of aromatic nitrogens is 1. The monoisotopic (exact) mass is 412 g/mol. The van der Waals surface area contributed by atoms with Gasteiger partial charge in [0.25, 0.3) is 5.88 Å². The molecule has 3 heterocycles. The van der Waals surface area contributed by atoms with E-state index in [9.17, 15) is 0 Å². The van der Waals surface area contributed by atoms with Gasteiger partial charge < -0.3 is 24.4 Å². The number of rotatable bonds is 9. The summed E-state index contributed by atoms with van der Waals surface area (Å²) in [6.45, 7) is 14.0. The zero-order valence-corrected chi connectivity index (χ0v) is 18.0. The third-order valence-corrected chi connectivity index (χ3v) is 6.20. The number of likely N-dealkylation sites (N-methyl/N-ethyl adjacent to an activating group) is 1. The van der Waals surface area contributed by atoms with E-state index in [4.69, 9.17) is 19.2 Å². The number of nitrogens with one attached hydrogen (secondary N) is 1. The van der Waals surface area contributed by atoms with Crippen LogP contribution in [0.15, 0.2) is 35.7 Å². The third kappa shape index (κ3) is 4.23. The molecule has 2 aliphatic heterocycles. The number of hydrogen-bond acceptors (Lipinski definition) is 7. The fourth-order valence-electron chi connectivity index (χ4n) is 4.48. The van der Waals surface area contributed by atoms with Crippen molar-refractivity contribution in [3.8, 4) is 11.6 Å². The molecular weight excluding hydrogens is 380 g/mol. The molecule has 7 heteroatoms. The van der Waals surface area contributed by atoms with Gasteiger partial charge in [0.15, 0.2) is 5.75 Å². The Morgan fingerprint density at radius 1 is 1.33 bits per heavy atom. The summed E-state index contributed by atoms with van der Waals surface area (Å²) in [6, 6.07) is 3.85. The van der Waals surface area contributed by atoms with Gasteiger partial charge in [-0.1, -0.05) is 12.7 Å². The number of aliphatic imine (C=N–C) groups is 1. The Labute approximate surface area is 178 Å². The Bertz CT molecular complexity index is 826. The van der Waals surface area contributed by atoms with E-state index >= 15 is 0 Å². The van der Waals surface area contributed by atoms with Crippen molar-refractivity contribution < 1.29 is 14.2 Å². The van der Waals surface area contributed by atoms with Gasteiger partial charge in [0.05, 0.1) is 17.9 Å². The van der Waals surface area contributed by atoms with Gasteiger partial charge in [-0.15, -0.1) is 0 Å². The van der Waals surface area contributed by atoms with Gasteiger partial charge in [0, 0.05) is 31.6 Å². The van der Waals surface area contributed by atoms with E-state index in [1.54, 1.807) is 6.08 Å². The van der Waals surface area contributed by atoms with E-state index < -0.39 is 0 Å². The summed E-state index contributed by atoms with van der Waals surface area (Å²) in [5.41, 5.74) is 1.83. The first-order chi connectivity index (χ1) is 14.6. The highest BCUT2D eigenvalue weighted by Gasteiger charge is 2.49. The molecule has 30 heavy (non-hydrogen) atoms. The predicted octanol–water partition coefficient (Wildman–Crippen LogP) is 2.89. The lowest BCUT2D eigenvalue weighted by molar-refractivity contribution is -0.0510. The molecule has 1 N–H and O–H groups in total. The highest BCUT2D eigenvalue weighted by atomic mass is 16.5. The van der Waals surface area contributed by atoms with Crippen molar-refractivity contribution in [2.45, 2.75) is 38.4 Å². The van der Waals surface area contributed by atoms with Crippen LogP contribution in [0.4, 0.5) is 0 Å². The van der Waals surface area contributed by atoms with E-state index in [0.29, 0.717) is 40.8 Å². The zero-order valence-electron chi connectivity index (χ0n) is 18.0. The topological polar surface area (TPSA) is 68.2 Å². The molecule has 0 bridgehead atoms. The molecule has 2 saturated heterocycles. The molecular formula is C23H32N4O3. The summed E-state index contributed by atoms with van der Waals surface area (Å²) >= 11 is 0. The molecule has 7 nitrogen and oxygen atoms in total. The van der Waals surface area contributed by atoms with Gasteiger partial charge in [0.2, 0.25) is 5.88 Å². The number of ether oxygens (including phenoxy) is 3. The Morgan fingerprint density at radius 3 is 2.70 bits per heavy atom. The zero-order chi connectivity index (χ0) is 21.1. The molecule has 162 valence electrons. The number of hydrogen-bond donors (Lipinski definition) is 1. The Hall–Kier alpha value is -2.38. The first-order valence-electron chi connectivity index (χ1n) is 10.8. The summed E-state index contributed by atoms with van der Waals surface area (Å²) in [7, 11) is 2.10. The molecule has 3 aliphatic rings. The second kappa shape index (κ2) is 8.78. The maximum absolute atomic E-state index is 6.31. The van der Waals surface area contributed by atoms with Crippen LogP contribution in [0.3, 0.4) is 0 Å². The van der Waals surface area contributed by atoms with Crippen molar-refractivity contribution in [3.63, 3.8) is 0 Å². The minimum Gasteiger partial charge on any atom is -0.485 e.